The Morgan fingerprint density at radius 3 is 2.74 bits per heavy atom. The third-order valence-electron chi connectivity index (χ3n) is 3.17. The number of benzene rings is 1. The lowest BCUT2D eigenvalue weighted by atomic mass is 9.98. The molecule has 0 aliphatic heterocycles. The molecule has 0 fully saturated rings. The summed E-state index contributed by atoms with van der Waals surface area (Å²) in [6.45, 7) is 4.25. The Kier molecular flexibility index (Phi) is 6.94. The molecule has 1 aromatic rings. The van der Waals surface area contributed by atoms with Gasteiger partial charge in [0.05, 0.1) is 0 Å². The Balaban J connectivity index is 2.52. The highest BCUT2D eigenvalue weighted by Crippen LogP contribution is 2.17. The zero-order valence-electron chi connectivity index (χ0n) is 12.0. The van der Waals surface area contributed by atoms with E-state index in [2.05, 4.69) is 44.2 Å². The Morgan fingerprint density at radius 1 is 1.26 bits per heavy atom. The Morgan fingerprint density at radius 2 is 2.05 bits per heavy atom. The molecule has 0 amide bonds. The van der Waals surface area contributed by atoms with Crippen molar-refractivity contribution < 1.29 is 9.90 Å². The van der Waals surface area contributed by atoms with Crippen LogP contribution in [0.1, 0.15) is 55.7 Å². The molecule has 104 valence electrons. The SMILES string of the molecule is CC/C=C/c1cc(C)ccc1CCCCCC(=O)O. The second-order valence-corrected chi connectivity index (χ2v) is 4.97. The van der Waals surface area contributed by atoms with Crippen molar-refractivity contribution in [2.45, 2.75) is 52.4 Å². The molecule has 0 aliphatic carbocycles. The van der Waals surface area contributed by atoms with Crippen molar-refractivity contribution in [1.29, 1.82) is 0 Å². The van der Waals surface area contributed by atoms with Crippen molar-refractivity contribution in [3.05, 3.63) is 41.0 Å². The number of carboxylic acids is 1. The highest BCUT2D eigenvalue weighted by atomic mass is 16.4. The average Bonchev–Trinajstić information content (AvgIpc) is 2.37. The smallest absolute Gasteiger partial charge is 0.303 e. The number of aryl methyl sites for hydroxylation is 2. The topological polar surface area (TPSA) is 37.3 Å². The lowest BCUT2D eigenvalue weighted by Gasteiger charge is -2.07. The minimum Gasteiger partial charge on any atom is -0.481 e. The standard InChI is InChI=1S/C17H24O2/c1-3-4-8-16-13-14(2)11-12-15(16)9-6-5-7-10-17(18)19/h4,8,11-13H,3,5-7,9-10H2,1-2H3,(H,18,19)/b8-4+. The first-order valence-corrected chi connectivity index (χ1v) is 7.11. The molecule has 1 rings (SSSR count). The summed E-state index contributed by atoms with van der Waals surface area (Å²) in [6, 6.07) is 6.57. The van der Waals surface area contributed by atoms with Gasteiger partial charge in [-0.2, -0.15) is 0 Å². The molecule has 0 aromatic heterocycles. The molecular weight excluding hydrogens is 236 g/mol. The Bertz CT molecular complexity index is 433. The summed E-state index contributed by atoms with van der Waals surface area (Å²) in [6.07, 6.45) is 9.57. The lowest BCUT2D eigenvalue weighted by Crippen LogP contribution is -1.95. The molecule has 0 heterocycles. The molecule has 1 aromatic carbocycles. The first-order valence-electron chi connectivity index (χ1n) is 7.11. The molecule has 1 N–H and O–H groups in total. The van der Waals surface area contributed by atoms with Gasteiger partial charge >= 0.3 is 5.97 Å². The van der Waals surface area contributed by atoms with Crippen LogP contribution in [0.2, 0.25) is 0 Å². The van der Waals surface area contributed by atoms with Crippen LogP contribution >= 0.6 is 0 Å². The average molecular weight is 260 g/mol. The lowest BCUT2D eigenvalue weighted by molar-refractivity contribution is -0.137. The number of carboxylic acid groups (broad SMARTS) is 1. The maximum absolute atomic E-state index is 10.4. The molecule has 0 unspecified atom stereocenters. The first-order chi connectivity index (χ1) is 9.13. The maximum atomic E-state index is 10.4. The molecule has 0 saturated carbocycles. The fourth-order valence-electron chi connectivity index (χ4n) is 2.11. The Labute approximate surface area is 116 Å². The molecule has 0 bridgehead atoms. The van der Waals surface area contributed by atoms with Gasteiger partial charge in [0.15, 0.2) is 0 Å². The first kappa shape index (κ1) is 15.5. The van der Waals surface area contributed by atoms with Gasteiger partial charge in [-0.05, 0) is 43.7 Å². The van der Waals surface area contributed by atoms with Gasteiger partial charge in [0, 0.05) is 6.42 Å². The number of hydrogen-bond donors (Lipinski definition) is 1. The zero-order valence-corrected chi connectivity index (χ0v) is 12.0. The van der Waals surface area contributed by atoms with Crippen molar-refractivity contribution in [2.24, 2.45) is 0 Å². The van der Waals surface area contributed by atoms with Gasteiger partial charge in [-0.15, -0.1) is 0 Å². The molecule has 0 spiro atoms. The van der Waals surface area contributed by atoms with Crippen molar-refractivity contribution in [3.8, 4) is 0 Å². The van der Waals surface area contributed by atoms with E-state index in [1.807, 2.05) is 0 Å². The van der Waals surface area contributed by atoms with E-state index in [1.165, 1.54) is 16.7 Å². The van der Waals surface area contributed by atoms with Gasteiger partial charge in [0.2, 0.25) is 0 Å². The van der Waals surface area contributed by atoms with Crippen molar-refractivity contribution >= 4 is 12.0 Å². The largest absolute Gasteiger partial charge is 0.481 e. The van der Waals surface area contributed by atoms with Gasteiger partial charge in [-0.3, -0.25) is 4.79 Å². The van der Waals surface area contributed by atoms with Crippen LogP contribution in [0.3, 0.4) is 0 Å². The van der Waals surface area contributed by atoms with Gasteiger partial charge in [0.1, 0.15) is 0 Å². The minimum absolute atomic E-state index is 0.288. The van der Waals surface area contributed by atoms with Gasteiger partial charge < -0.3 is 5.11 Å². The maximum Gasteiger partial charge on any atom is 0.303 e. The fourth-order valence-corrected chi connectivity index (χ4v) is 2.11. The minimum atomic E-state index is -0.693. The van der Waals surface area contributed by atoms with Crippen LogP contribution in [0.5, 0.6) is 0 Å². The van der Waals surface area contributed by atoms with Crippen LogP contribution < -0.4 is 0 Å². The molecule has 2 heteroatoms. The highest BCUT2D eigenvalue weighted by Gasteiger charge is 2.01. The van der Waals surface area contributed by atoms with Crippen molar-refractivity contribution in [3.63, 3.8) is 0 Å². The molecule has 0 aliphatic rings. The number of allylic oxidation sites excluding steroid dienone is 1. The van der Waals surface area contributed by atoms with Crippen LogP contribution in [-0.2, 0) is 11.2 Å². The van der Waals surface area contributed by atoms with E-state index in [0.29, 0.717) is 0 Å². The van der Waals surface area contributed by atoms with Gasteiger partial charge in [-0.25, -0.2) is 0 Å². The molecule has 0 radical (unpaired) electrons. The molecule has 2 nitrogen and oxygen atoms in total. The number of aliphatic carboxylic acids is 1. The van der Waals surface area contributed by atoms with E-state index >= 15 is 0 Å². The normalized spacial score (nSPS) is 11.1. The number of carbonyl (C=O) groups is 1. The zero-order chi connectivity index (χ0) is 14.1. The Hall–Kier alpha value is -1.57. The second-order valence-electron chi connectivity index (χ2n) is 4.97. The van der Waals surface area contributed by atoms with Crippen molar-refractivity contribution in [1.82, 2.24) is 0 Å². The summed E-state index contributed by atoms with van der Waals surface area (Å²) in [5.41, 5.74) is 3.95. The molecule has 0 saturated heterocycles. The third-order valence-corrected chi connectivity index (χ3v) is 3.17. The molecule has 0 atom stereocenters. The van der Waals surface area contributed by atoms with Gasteiger partial charge in [-0.1, -0.05) is 49.3 Å². The van der Waals surface area contributed by atoms with Crippen LogP contribution in [0.25, 0.3) is 6.08 Å². The second kappa shape index (κ2) is 8.52. The van der Waals surface area contributed by atoms with Crippen LogP contribution in [0.15, 0.2) is 24.3 Å². The van der Waals surface area contributed by atoms with E-state index in [9.17, 15) is 4.79 Å². The summed E-state index contributed by atoms with van der Waals surface area (Å²) in [4.78, 5) is 10.4. The summed E-state index contributed by atoms with van der Waals surface area (Å²) in [7, 11) is 0. The number of hydrogen-bond acceptors (Lipinski definition) is 1. The van der Waals surface area contributed by atoms with E-state index in [1.54, 1.807) is 0 Å². The van der Waals surface area contributed by atoms with E-state index in [0.717, 1.165) is 32.1 Å². The van der Waals surface area contributed by atoms with E-state index in [4.69, 9.17) is 5.11 Å². The van der Waals surface area contributed by atoms with Crippen LogP contribution in [0, 0.1) is 6.92 Å². The summed E-state index contributed by atoms with van der Waals surface area (Å²) >= 11 is 0. The third kappa shape index (κ3) is 6.23. The van der Waals surface area contributed by atoms with E-state index in [-0.39, 0.29) is 6.42 Å². The predicted octanol–water partition coefficient (Wildman–Crippen LogP) is 4.61. The summed E-state index contributed by atoms with van der Waals surface area (Å²) < 4.78 is 0. The highest BCUT2D eigenvalue weighted by molar-refractivity contribution is 5.66. The van der Waals surface area contributed by atoms with Crippen LogP contribution in [-0.4, -0.2) is 11.1 Å². The quantitative estimate of drug-likeness (QED) is 0.693. The molecular formula is C17H24O2. The monoisotopic (exact) mass is 260 g/mol. The fraction of sp³-hybridized carbons (Fsp3) is 0.471. The van der Waals surface area contributed by atoms with Gasteiger partial charge in [0.25, 0.3) is 0 Å². The molecule has 19 heavy (non-hydrogen) atoms. The van der Waals surface area contributed by atoms with Crippen LogP contribution in [0.4, 0.5) is 0 Å². The van der Waals surface area contributed by atoms with E-state index < -0.39 is 5.97 Å². The van der Waals surface area contributed by atoms with Crippen molar-refractivity contribution in [2.75, 3.05) is 0 Å². The number of rotatable bonds is 8. The number of unbranched alkanes of at least 4 members (excludes halogenated alkanes) is 2. The summed E-state index contributed by atoms with van der Waals surface area (Å²) in [5.74, 6) is -0.693. The predicted molar refractivity (Wildman–Crippen MR) is 80.3 cm³/mol. The summed E-state index contributed by atoms with van der Waals surface area (Å²) in [5, 5.41) is 8.59.